The summed E-state index contributed by atoms with van der Waals surface area (Å²) in [5.41, 5.74) is 0.427. The third-order valence-corrected chi connectivity index (χ3v) is 3.69. The fraction of sp³-hybridized carbons (Fsp3) is 0.214. The van der Waals surface area contributed by atoms with Gasteiger partial charge in [-0.1, -0.05) is 33.6 Å². The molecule has 0 aliphatic carbocycles. The van der Waals surface area contributed by atoms with Gasteiger partial charge in [0.05, 0.1) is 17.9 Å². The number of anilines is 1. The summed E-state index contributed by atoms with van der Waals surface area (Å²) in [7, 11) is 0. The Morgan fingerprint density at radius 3 is 2.48 bits per heavy atom. The number of halogens is 5. The molecule has 0 saturated carbocycles. The van der Waals surface area contributed by atoms with Crippen molar-refractivity contribution in [1.29, 1.82) is 0 Å². The summed E-state index contributed by atoms with van der Waals surface area (Å²) < 4.78 is 38.2. The normalized spacial score (nSPS) is 13.0. The third-order valence-electron chi connectivity index (χ3n) is 2.87. The average molecular weight is 380 g/mol. The molecule has 0 bridgehead atoms. The van der Waals surface area contributed by atoms with Gasteiger partial charge in [-0.05, 0) is 36.8 Å². The van der Waals surface area contributed by atoms with Gasteiger partial charge in [-0.3, -0.25) is 0 Å². The van der Waals surface area contributed by atoms with E-state index in [0.717, 1.165) is 22.3 Å². The van der Waals surface area contributed by atoms with Gasteiger partial charge >= 0.3 is 6.18 Å². The van der Waals surface area contributed by atoms with Gasteiger partial charge < -0.3 is 5.32 Å². The summed E-state index contributed by atoms with van der Waals surface area (Å²) in [6.45, 7) is 1.87. The molecule has 0 aliphatic rings. The van der Waals surface area contributed by atoms with Crippen LogP contribution in [0, 0.1) is 0 Å². The number of nitrogens with one attached hydrogen (secondary N) is 1. The minimum Gasteiger partial charge on any atom is -0.377 e. The number of nitrogens with zero attached hydrogens (tertiary/aromatic N) is 1. The second kappa shape index (κ2) is 6.23. The minimum atomic E-state index is -4.43. The number of alkyl halides is 3. The Morgan fingerprint density at radius 1 is 1.24 bits per heavy atom. The lowest BCUT2D eigenvalue weighted by atomic mass is 10.1. The largest absolute Gasteiger partial charge is 0.433 e. The highest BCUT2D eigenvalue weighted by atomic mass is 79.9. The van der Waals surface area contributed by atoms with E-state index in [0.29, 0.717) is 10.7 Å². The van der Waals surface area contributed by atoms with Gasteiger partial charge in [-0.15, -0.1) is 0 Å². The number of pyridine rings is 1. The van der Waals surface area contributed by atoms with Gasteiger partial charge in [-0.25, -0.2) is 4.98 Å². The lowest BCUT2D eigenvalue weighted by Crippen LogP contribution is -2.10. The molecule has 2 aromatic rings. The first-order valence-corrected chi connectivity index (χ1v) is 7.19. The molecular weight excluding hydrogens is 369 g/mol. The van der Waals surface area contributed by atoms with Crippen LogP contribution in [-0.2, 0) is 6.18 Å². The second-order valence-corrected chi connectivity index (χ2v) is 5.78. The first-order chi connectivity index (χ1) is 9.77. The van der Waals surface area contributed by atoms with Crippen LogP contribution in [0.3, 0.4) is 0 Å². The van der Waals surface area contributed by atoms with Gasteiger partial charge in [-0.2, -0.15) is 13.2 Å². The van der Waals surface area contributed by atoms with E-state index in [1.165, 1.54) is 6.07 Å². The molecule has 0 spiro atoms. The molecule has 2 rings (SSSR count). The Balaban J connectivity index is 2.14. The van der Waals surface area contributed by atoms with Crippen LogP contribution in [0.4, 0.5) is 18.9 Å². The smallest absolute Gasteiger partial charge is 0.377 e. The summed E-state index contributed by atoms with van der Waals surface area (Å²) in [6, 6.07) is 7.59. The molecule has 1 atom stereocenters. The van der Waals surface area contributed by atoms with E-state index < -0.39 is 11.9 Å². The molecule has 0 radical (unpaired) electrons. The predicted octanol–water partition coefficient (Wildman–Crippen LogP) is 5.69. The van der Waals surface area contributed by atoms with E-state index in [1.807, 2.05) is 19.1 Å². The maximum atomic E-state index is 12.4. The monoisotopic (exact) mass is 378 g/mol. The van der Waals surface area contributed by atoms with Crippen molar-refractivity contribution >= 4 is 33.2 Å². The maximum absolute atomic E-state index is 12.4. The van der Waals surface area contributed by atoms with Crippen molar-refractivity contribution in [3.05, 3.63) is 57.3 Å². The standard InChI is InChI=1S/C14H11BrClF3N2/c1-8(11-4-2-9(15)6-12(11)16)21-10-3-5-13(20-7-10)14(17,18)19/h2-8,21H,1H3. The highest BCUT2D eigenvalue weighted by Crippen LogP contribution is 2.30. The molecule has 1 aromatic carbocycles. The molecular formula is C14H11BrClF3N2. The first kappa shape index (κ1) is 16.1. The molecule has 0 saturated heterocycles. The second-order valence-electron chi connectivity index (χ2n) is 4.46. The zero-order valence-corrected chi connectivity index (χ0v) is 13.2. The molecule has 1 aromatic heterocycles. The van der Waals surface area contributed by atoms with Crippen LogP contribution in [0.15, 0.2) is 41.0 Å². The van der Waals surface area contributed by atoms with Crippen molar-refractivity contribution in [2.24, 2.45) is 0 Å². The van der Waals surface area contributed by atoms with E-state index in [4.69, 9.17) is 11.6 Å². The van der Waals surface area contributed by atoms with E-state index in [9.17, 15) is 13.2 Å². The summed E-state index contributed by atoms with van der Waals surface area (Å²) in [5.74, 6) is 0. The van der Waals surface area contributed by atoms with E-state index in [2.05, 4.69) is 26.2 Å². The molecule has 21 heavy (non-hydrogen) atoms. The van der Waals surface area contributed by atoms with Crippen molar-refractivity contribution < 1.29 is 13.2 Å². The average Bonchev–Trinajstić information content (AvgIpc) is 2.38. The molecule has 0 amide bonds. The Morgan fingerprint density at radius 2 is 1.95 bits per heavy atom. The zero-order chi connectivity index (χ0) is 15.6. The SMILES string of the molecule is CC(Nc1ccc(C(F)(F)F)nc1)c1ccc(Br)cc1Cl. The van der Waals surface area contributed by atoms with Crippen LogP contribution in [-0.4, -0.2) is 4.98 Å². The Labute approximate surface area is 133 Å². The summed E-state index contributed by atoms with van der Waals surface area (Å²) in [6.07, 6.45) is -3.27. The fourth-order valence-corrected chi connectivity index (χ4v) is 2.66. The van der Waals surface area contributed by atoms with Gasteiger partial charge in [0, 0.05) is 9.50 Å². The Hall–Kier alpha value is -1.27. The number of aromatic nitrogens is 1. The van der Waals surface area contributed by atoms with Crippen molar-refractivity contribution in [2.45, 2.75) is 19.1 Å². The topological polar surface area (TPSA) is 24.9 Å². The minimum absolute atomic E-state index is 0.163. The van der Waals surface area contributed by atoms with Crippen molar-refractivity contribution in [2.75, 3.05) is 5.32 Å². The number of rotatable bonds is 3. The van der Waals surface area contributed by atoms with Crippen LogP contribution in [0.2, 0.25) is 5.02 Å². The molecule has 0 aliphatic heterocycles. The van der Waals surface area contributed by atoms with Crippen molar-refractivity contribution in [3.8, 4) is 0 Å². The molecule has 1 unspecified atom stereocenters. The maximum Gasteiger partial charge on any atom is 0.433 e. The van der Waals surface area contributed by atoms with Crippen molar-refractivity contribution in [3.63, 3.8) is 0 Å². The molecule has 7 heteroatoms. The summed E-state index contributed by atoms with van der Waals surface area (Å²) in [4.78, 5) is 3.41. The van der Waals surface area contributed by atoms with Gasteiger partial charge in [0.2, 0.25) is 0 Å². The number of benzene rings is 1. The molecule has 0 fully saturated rings. The van der Waals surface area contributed by atoms with Crippen LogP contribution >= 0.6 is 27.5 Å². The number of hydrogen-bond donors (Lipinski definition) is 1. The quantitative estimate of drug-likeness (QED) is 0.741. The van der Waals surface area contributed by atoms with Gasteiger partial charge in [0.15, 0.2) is 0 Å². The Bertz CT molecular complexity index is 629. The van der Waals surface area contributed by atoms with E-state index in [-0.39, 0.29) is 6.04 Å². The third kappa shape index (κ3) is 4.11. The predicted molar refractivity (Wildman–Crippen MR) is 80.4 cm³/mol. The molecule has 1 N–H and O–H groups in total. The molecule has 112 valence electrons. The highest BCUT2D eigenvalue weighted by molar-refractivity contribution is 9.10. The van der Waals surface area contributed by atoms with Crippen LogP contribution in [0.1, 0.15) is 24.2 Å². The summed E-state index contributed by atoms with van der Waals surface area (Å²) >= 11 is 9.46. The van der Waals surface area contributed by atoms with Crippen LogP contribution < -0.4 is 5.32 Å². The van der Waals surface area contributed by atoms with Crippen LogP contribution in [0.25, 0.3) is 0 Å². The van der Waals surface area contributed by atoms with Crippen molar-refractivity contribution in [1.82, 2.24) is 4.98 Å². The van der Waals surface area contributed by atoms with Crippen LogP contribution in [0.5, 0.6) is 0 Å². The molecule has 1 heterocycles. The van der Waals surface area contributed by atoms with Gasteiger partial charge in [0.25, 0.3) is 0 Å². The van der Waals surface area contributed by atoms with E-state index in [1.54, 1.807) is 6.07 Å². The Kier molecular flexibility index (Phi) is 4.78. The van der Waals surface area contributed by atoms with E-state index >= 15 is 0 Å². The highest BCUT2D eigenvalue weighted by Gasteiger charge is 2.32. The molecule has 2 nitrogen and oxygen atoms in total. The fourth-order valence-electron chi connectivity index (χ4n) is 1.83. The lowest BCUT2D eigenvalue weighted by Gasteiger charge is -2.17. The van der Waals surface area contributed by atoms with Gasteiger partial charge in [0.1, 0.15) is 5.69 Å². The summed E-state index contributed by atoms with van der Waals surface area (Å²) in [5, 5.41) is 3.64. The first-order valence-electron chi connectivity index (χ1n) is 6.02. The number of hydrogen-bond acceptors (Lipinski definition) is 2. The lowest BCUT2D eigenvalue weighted by molar-refractivity contribution is -0.141. The zero-order valence-electron chi connectivity index (χ0n) is 10.9.